The molecule has 0 aliphatic heterocycles. The molecular formula is C17H29N3O2. The Bertz CT molecular complexity index is 465. The number of nitrogens with two attached hydrogens (primary N) is 1. The molecule has 0 aliphatic rings. The largest absolute Gasteiger partial charge is 0.492 e. The molecule has 3 N–H and O–H groups in total. The molecule has 22 heavy (non-hydrogen) atoms. The Kier molecular flexibility index (Phi) is 7.35. The smallest absolute Gasteiger partial charge is 0.239 e. The first-order chi connectivity index (χ1) is 10.4. The third kappa shape index (κ3) is 6.03. The van der Waals surface area contributed by atoms with Gasteiger partial charge in [0.1, 0.15) is 12.4 Å². The van der Waals surface area contributed by atoms with E-state index >= 15 is 0 Å². The van der Waals surface area contributed by atoms with E-state index in [0.717, 1.165) is 30.9 Å². The Hall–Kier alpha value is -1.59. The summed E-state index contributed by atoms with van der Waals surface area (Å²) in [5.74, 6) is 0.634. The van der Waals surface area contributed by atoms with E-state index in [1.807, 2.05) is 24.3 Å². The average molecular weight is 307 g/mol. The van der Waals surface area contributed by atoms with Gasteiger partial charge in [0.15, 0.2) is 0 Å². The van der Waals surface area contributed by atoms with Gasteiger partial charge in [-0.15, -0.1) is 0 Å². The van der Waals surface area contributed by atoms with Gasteiger partial charge in [-0.1, -0.05) is 32.0 Å². The maximum atomic E-state index is 11.8. The van der Waals surface area contributed by atoms with E-state index in [1.54, 1.807) is 13.8 Å². The highest BCUT2D eigenvalue weighted by Gasteiger charge is 2.21. The van der Waals surface area contributed by atoms with Crippen molar-refractivity contribution in [3.05, 3.63) is 29.8 Å². The van der Waals surface area contributed by atoms with E-state index in [1.165, 1.54) is 0 Å². The number of nitrogens with one attached hydrogen (secondary N) is 1. The van der Waals surface area contributed by atoms with Gasteiger partial charge in [-0.2, -0.15) is 0 Å². The lowest BCUT2D eigenvalue weighted by Crippen LogP contribution is -2.48. The molecule has 0 atom stereocenters. The maximum Gasteiger partial charge on any atom is 0.239 e. The van der Waals surface area contributed by atoms with Crippen molar-refractivity contribution in [2.24, 2.45) is 5.73 Å². The Balaban J connectivity index is 2.57. The summed E-state index contributed by atoms with van der Waals surface area (Å²) in [4.78, 5) is 14.2. The lowest BCUT2D eigenvalue weighted by atomic mass is 10.1. The van der Waals surface area contributed by atoms with Crippen molar-refractivity contribution in [1.29, 1.82) is 0 Å². The van der Waals surface area contributed by atoms with Gasteiger partial charge in [-0.05, 0) is 33.0 Å². The van der Waals surface area contributed by atoms with Crippen molar-refractivity contribution in [3.63, 3.8) is 0 Å². The first-order valence-corrected chi connectivity index (χ1v) is 7.88. The second kappa shape index (κ2) is 8.76. The van der Waals surface area contributed by atoms with Gasteiger partial charge < -0.3 is 20.7 Å². The number of carbonyl (C=O) groups is 1. The molecule has 1 aromatic carbocycles. The average Bonchev–Trinajstić information content (AvgIpc) is 2.49. The zero-order chi connectivity index (χ0) is 16.6. The van der Waals surface area contributed by atoms with Crippen LogP contribution in [-0.4, -0.2) is 42.6 Å². The summed E-state index contributed by atoms with van der Waals surface area (Å²) in [6.45, 7) is 11.6. The fourth-order valence-corrected chi connectivity index (χ4v) is 2.02. The number of hydrogen-bond acceptors (Lipinski definition) is 4. The lowest BCUT2D eigenvalue weighted by molar-refractivity contribution is -0.125. The number of nitrogens with zero attached hydrogens (tertiary/aromatic N) is 1. The normalized spacial score (nSPS) is 11.5. The highest BCUT2D eigenvalue weighted by atomic mass is 16.5. The van der Waals surface area contributed by atoms with E-state index in [4.69, 9.17) is 10.5 Å². The number of amides is 1. The monoisotopic (exact) mass is 307 g/mol. The second-order valence-electron chi connectivity index (χ2n) is 5.89. The number of para-hydroxylation sites is 1. The van der Waals surface area contributed by atoms with Gasteiger partial charge in [0, 0.05) is 18.7 Å². The SMILES string of the molecule is CCN(CC)CCOc1ccccc1CNC(=O)C(C)(C)N. The molecule has 0 bridgehead atoms. The van der Waals surface area contributed by atoms with Crippen LogP contribution in [0, 0.1) is 0 Å². The predicted molar refractivity (Wildman–Crippen MR) is 89.8 cm³/mol. The molecule has 1 aromatic rings. The fourth-order valence-electron chi connectivity index (χ4n) is 2.02. The number of ether oxygens (including phenoxy) is 1. The van der Waals surface area contributed by atoms with Crippen LogP contribution in [0.2, 0.25) is 0 Å². The molecule has 0 heterocycles. The number of carbonyl (C=O) groups excluding carboxylic acids is 1. The minimum Gasteiger partial charge on any atom is -0.492 e. The van der Waals surface area contributed by atoms with Crippen LogP contribution in [0.3, 0.4) is 0 Å². The Morgan fingerprint density at radius 2 is 1.91 bits per heavy atom. The van der Waals surface area contributed by atoms with E-state index in [2.05, 4.69) is 24.1 Å². The molecule has 124 valence electrons. The molecule has 0 saturated heterocycles. The third-order valence-electron chi connectivity index (χ3n) is 3.56. The Morgan fingerprint density at radius 1 is 1.27 bits per heavy atom. The van der Waals surface area contributed by atoms with E-state index in [9.17, 15) is 4.79 Å². The molecule has 1 amide bonds. The Labute approximate surface area is 133 Å². The standard InChI is InChI=1S/C17H29N3O2/c1-5-20(6-2)11-12-22-15-10-8-7-9-14(15)13-19-16(21)17(3,4)18/h7-10H,5-6,11-13,18H2,1-4H3,(H,19,21). The van der Waals surface area contributed by atoms with Crippen LogP contribution >= 0.6 is 0 Å². The van der Waals surface area contributed by atoms with Crippen LogP contribution in [-0.2, 0) is 11.3 Å². The number of hydrogen-bond donors (Lipinski definition) is 2. The van der Waals surface area contributed by atoms with Crippen LogP contribution in [0.1, 0.15) is 33.3 Å². The zero-order valence-corrected chi connectivity index (χ0v) is 14.2. The lowest BCUT2D eigenvalue weighted by Gasteiger charge is -2.20. The first-order valence-electron chi connectivity index (χ1n) is 7.88. The summed E-state index contributed by atoms with van der Waals surface area (Å²) in [7, 11) is 0. The van der Waals surface area contributed by atoms with Crippen LogP contribution in [0.5, 0.6) is 5.75 Å². The van der Waals surface area contributed by atoms with Crippen molar-refractivity contribution in [1.82, 2.24) is 10.2 Å². The van der Waals surface area contributed by atoms with Gasteiger partial charge in [-0.25, -0.2) is 0 Å². The molecule has 5 nitrogen and oxygen atoms in total. The summed E-state index contributed by atoms with van der Waals surface area (Å²) < 4.78 is 5.86. The van der Waals surface area contributed by atoms with Crippen LogP contribution in [0.25, 0.3) is 0 Å². The quantitative estimate of drug-likeness (QED) is 0.729. The molecule has 1 rings (SSSR count). The third-order valence-corrected chi connectivity index (χ3v) is 3.56. The zero-order valence-electron chi connectivity index (χ0n) is 14.2. The molecule has 0 fully saturated rings. The topological polar surface area (TPSA) is 67.6 Å². The minimum absolute atomic E-state index is 0.176. The van der Waals surface area contributed by atoms with Gasteiger partial charge >= 0.3 is 0 Å². The van der Waals surface area contributed by atoms with E-state index < -0.39 is 5.54 Å². The first kappa shape index (κ1) is 18.5. The number of likely N-dealkylation sites (N-methyl/N-ethyl adjacent to an activating group) is 1. The van der Waals surface area contributed by atoms with E-state index in [-0.39, 0.29) is 5.91 Å². The summed E-state index contributed by atoms with van der Waals surface area (Å²) in [5.41, 5.74) is 5.86. The van der Waals surface area contributed by atoms with Crippen LogP contribution in [0.15, 0.2) is 24.3 Å². The molecule has 0 aromatic heterocycles. The van der Waals surface area contributed by atoms with Gasteiger partial charge in [-0.3, -0.25) is 4.79 Å². The summed E-state index contributed by atoms with van der Waals surface area (Å²) >= 11 is 0. The Morgan fingerprint density at radius 3 is 2.50 bits per heavy atom. The van der Waals surface area contributed by atoms with Crippen molar-refractivity contribution in [2.45, 2.75) is 39.8 Å². The second-order valence-corrected chi connectivity index (χ2v) is 5.89. The van der Waals surface area contributed by atoms with E-state index in [0.29, 0.717) is 13.2 Å². The van der Waals surface area contributed by atoms with Crippen molar-refractivity contribution >= 4 is 5.91 Å². The molecule has 0 unspecified atom stereocenters. The number of rotatable bonds is 9. The van der Waals surface area contributed by atoms with Gasteiger partial charge in [0.25, 0.3) is 0 Å². The molecule has 0 radical (unpaired) electrons. The minimum atomic E-state index is -0.876. The molecule has 0 saturated carbocycles. The number of benzene rings is 1. The molecule has 0 spiro atoms. The summed E-state index contributed by atoms with van der Waals surface area (Å²) in [6, 6.07) is 7.76. The van der Waals surface area contributed by atoms with Crippen molar-refractivity contribution in [3.8, 4) is 5.75 Å². The van der Waals surface area contributed by atoms with Gasteiger partial charge in [0.05, 0.1) is 5.54 Å². The van der Waals surface area contributed by atoms with Gasteiger partial charge in [0.2, 0.25) is 5.91 Å². The fraction of sp³-hybridized carbons (Fsp3) is 0.588. The predicted octanol–water partition coefficient (Wildman–Crippen LogP) is 1.76. The van der Waals surface area contributed by atoms with Crippen molar-refractivity contribution < 1.29 is 9.53 Å². The highest BCUT2D eigenvalue weighted by Crippen LogP contribution is 2.18. The molecule has 0 aliphatic carbocycles. The van der Waals surface area contributed by atoms with Crippen LogP contribution < -0.4 is 15.8 Å². The van der Waals surface area contributed by atoms with Crippen molar-refractivity contribution in [2.75, 3.05) is 26.2 Å². The molecule has 5 heteroatoms. The maximum absolute atomic E-state index is 11.8. The highest BCUT2D eigenvalue weighted by molar-refractivity contribution is 5.85. The summed E-state index contributed by atoms with van der Waals surface area (Å²) in [5, 5.41) is 2.85. The summed E-state index contributed by atoms with van der Waals surface area (Å²) in [6.07, 6.45) is 0. The molecular weight excluding hydrogens is 278 g/mol. The van der Waals surface area contributed by atoms with Crippen LogP contribution in [0.4, 0.5) is 0 Å².